The lowest BCUT2D eigenvalue weighted by Gasteiger charge is -2.26. The minimum atomic E-state index is -5.17. The van der Waals surface area contributed by atoms with Gasteiger partial charge in [0.15, 0.2) is 5.79 Å². The Balaban J connectivity index is 4.25. The van der Waals surface area contributed by atoms with Crippen molar-refractivity contribution in [1.29, 1.82) is 0 Å². The Morgan fingerprint density at radius 3 is 1.08 bits per heavy atom. The highest BCUT2D eigenvalue weighted by molar-refractivity contribution is 4.55. The van der Waals surface area contributed by atoms with Gasteiger partial charge >= 0.3 is 12.7 Å². The lowest BCUT2D eigenvalue weighted by atomic mass is 10.4. The first-order valence-electron chi connectivity index (χ1n) is 2.95. The van der Waals surface area contributed by atoms with Gasteiger partial charge in [0, 0.05) is 0 Å². The molecule has 0 aliphatic carbocycles. The van der Waals surface area contributed by atoms with Gasteiger partial charge in [-0.15, -0.1) is 26.3 Å². The van der Waals surface area contributed by atoms with E-state index in [4.69, 9.17) is 0 Å². The van der Waals surface area contributed by atoms with E-state index in [1.165, 1.54) is 0 Å². The van der Waals surface area contributed by atoms with Crippen LogP contribution in [0, 0.1) is 0 Å². The minimum absolute atomic E-state index is 0.508. The lowest BCUT2D eigenvalue weighted by molar-refractivity contribution is -0.469. The second-order valence-corrected chi connectivity index (χ2v) is 2.50. The third-order valence-electron chi connectivity index (χ3n) is 0.723. The quantitative estimate of drug-likeness (QED) is 0.517. The average Bonchev–Trinajstić information content (AvgIpc) is 1.43. The number of hydrogen-bond acceptors (Lipinski definition) is 2. The van der Waals surface area contributed by atoms with E-state index in [-0.39, 0.29) is 0 Å². The molecule has 0 aromatic carbocycles. The van der Waals surface area contributed by atoms with E-state index in [1.54, 1.807) is 0 Å². The van der Waals surface area contributed by atoms with E-state index in [2.05, 4.69) is 9.47 Å². The summed E-state index contributed by atoms with van der Waals surface area (Å²) in [7, 11) is 0. The zero-order chi connectivity index (χ0) is 10.9. The highest BCUT2D eigenvalue weighted by atomic mass is 19.4. The molecule has 13 heavy (non-hydrogen) atoms. The third-order valence-corrected chi connectivity index (χ3v) is 0.723. The monoisotopic (exact) mass is 212 g/mol. The number of halogens is 6. The maximum Gasteiger partial charge on any atom is 0.524 e. The average molecular weight is 212 g/mol. The summed E-state index contributed by atoms with van der Waals surface area (Å²) < 4.78 is 74.9. The van der Waals surface area contributed by atoms with E-state index in [1.807, 2.05) is 0 Å². The van der Waals surface area contributed by atoms with E-state index in [0.29, 0.717) is 13.8 Å². The van der Waals surface area contributed by atoms with Gasteiger partial charge in [-0.25, -0.2) is 0 Å². The van der Waals surface area contributed by atoms with Crippen molar-refractivity contribution < 1.29 is 35.8 Å². The Morgan fingerprint density at radius 1 is 0.692 bits per heavy atom. The maximum atomic E-state index is 11.5. The summed E-state index contributed by atoms with van der Waals surface area (Å²) in [4.78, 5) is 0. The van der Waals surface area contributed by atoms with Crippen LogP contribution in [0.2, 0.25) is 0 Å². The fraction of sp³-hybridized carbons (Fsp3) is 1.00. The van der Waals surface area contributed by atoms with Crippen LogP contribution in [0.5, 0.6) is 0 Å². The Labute approximate surface area is 69.4 Å². The normalized spacial score (nSPS) is 14.8. The number of rotatable bonds is 2. The van der Waals surface area contributed by atoms with Gasteiger partial charge in [-0.2, -0.15) is 0 Å². The Bertz CT molecular complexity index is 151. The topological polar surface area (TPSA) is 18.5 Å². The zero-order valence-corrected chi connectivity index (χ0v) is 6.58. The molecule has 0 unspecified atom stereocenters. The fourth-order valence-electron chi connectivity index (χ4n) is 0.578. The van der Waals surface area contributed by atoms with Gasteiger partial charge in [-0.05, 0) is 13.8 Å². The number of ether oxygens (including phenoxy) is 2. The summed E-state index contributed by atoms with van der Waals surface area (Å²) in [6, 6.07) is 0. The highest BCUT2D eigenvalue weighted by Crippen LogP contribution is 2.31. The predicted octanol–water partition coefficient (Wildman–Crippen LogP) is 2.80. The molecular weight excluding hydrogens is 206 g/mol. The number of alkyl halides is 6. The van der Waals surface area contributed by atoms with Crippen molar-refractivity contribution in [3.8, 4) is 0 Å². The van der Waals surface area contributed by atoms with Gasteiger partial charge in [0.1, 0.15) is 0 Å². The van der Waals surface area contributed by atoms with Gasteiger partial charge in [-0.3, -0.25) is 9.47 Å². The first-order chi connectivity index (χ1) is 5.41. The summed E-state index contributed by atoms with van der Waals surface area (Å²) in [5, 5.41) is 0. The van der Waals surface area contributed by atoms with Crippen LogP contribution >= 0.6 is 0 Å². The molecule has 2 nitrogen and oxygen atoms in total. The van der Waals surface area contributed by atoms with Gasteiger partial charge < -0.3 is 0 Å². The molecule has 0 fully saturated rings. The van der Waals surface area contributed by atoms with Crippen molar-refractivity contribution in [3.63, 3.8) is 0 Å². The van der Waals surface area contributed by atoms with E-state index in [9.17, 15) is 26.3 Å². The minimum Gasteiger partial charge on any atom is -0.260 e. The first-order valence-corrected chi connectivity index (χ1v) is 2.95. The molecule has 0 aliphatic heterocycles. The molecule has 0 atom stereocenters. The van der Waals surface area contributed by atoms with E-state index < -0.39 is 18.5 Å². The van der Waals surface area contributed by atoms with Crippen molar-refractivity contribution in [1.82, 2.24) is 0 Å². The fourth-order valence-corrected chi connectivity index (χ4v) is 0.578. The molecule has 0 rings (SSSR count). The van der Waals surface area contributed by atoms with Crippen molar-refractivity contribution in [3.05, 3.63) is 0 Å². The van der Waals surface area contributed by atoms with Crippen LogP contribution in [-0.2, 0) is 9.47 Å². The van der Waals surface area contributed by atoms with Crippen LogP contribution in [0.3, 0.4) is 0 Å². The lowest BCUT2D eigenvalue weighted by Crippen LogP contribution is -2.39. The summed E-state index contributed by atoms with van der Waals surface area (Å²) >= 11 is 0. The van der Waals surface area contributed by atoms with Crippen LogP contribution in [0.1, 0.15) is 13.8 Å². The number of hydrogen-bond donors (Lipinski definition) is 0. The molecule has 0 amide bonds. The Morgan fingerprint density at radius 2 is 0.923 bits per heavy atom. The molecule has 0 heterocycles. The van der Waals surface area contributed by atoms with Crippen molar-refractivity contribution in [2.24, 2.45) is 0 Å². The zero-order valence-electron chi connectivity index (χ0n) is 6.58. The van der Waals surface area contributed by atoms with Gasteiger partial charge in [-0.1, -0.05) is 0 Å². The molecule has 0 bridgehead atoms. The van der Waals surface area contributed by atoms with Crippen LogP contribution in [0.25, 0.3) is 0 Å². The van der Waals surface area contributed by atoms with Gasteiger partial charge in [0.05, 0.1) is 0 Å². The summed E-state index contributed by atoms with van der Waals surface area (Å²) in [6.07, 6.45) is -10.3. The summed E-state index contributed by atoms with van der Waals surface area (Å²) in [6.45, 7) is 1.02. The summed E-state index contributed by atoms with van der Waals surface area (Å²) in [5.41, 5.74) is 0. The second-order valence-electron chi connectivity index (χ2n) is 2.50. The van der Waals surface area contributed by atoms with Crippen molar-refractivity contribution >= 4 is 0 Å². The Hall–Kier alpha value is -0.500. The molecule has 0 N–H and O–H groups in total. The molecule has 80 valence electrons. The summed E-state index contributed by atoms with van der Waals surface area (Å²) in [5.74, 6) is -2.78. The van der Waals surface area contributed by atoms with Crippen molar-refractivity contribution in [2.45, 2.75) is 32.4 Å². The molecule has 0 aromatic heterocycles. The molecule has 0 saturated carbocycles. The third kappa shape index (κ3) is 7.85. The molecule has 0 saturated heterocycles. The smallest absolute Gasteiger partial charge is 0.260 e. The molecule has 0 aromatic rings. The first kappa shape index (κ1) is 12.5. The molecular formula is C5H6F6O2. The van der Waals surface area contributed by atoms with E-state index >= 15 is 0 Å². The van der Waals surface area contributed by atoms with Crippen LogP contribution in [0.4, 0.5) is 26.3 Å². The van der Waals surface area contributed by atoms with Crippen molar-refractivity contribution in [2.75, 3.05) is 0 Å². The van der Waals surface area contributed by atoms with Gasteiger partial charge in [0.2, 0.25) is 0 Å². The molecule has 0 spiro atoms. The van der Waals surface area contributed by atoms with Crippen LogP contribution in [-0.4, -0.2) is 18.5 Å². The second kappa shape index (κ2) is 3.33. The molecule has 0 radical (unpaired) electrons. The highest BCUT2D eigenvalue weighted by Gasteiger charge is 2.45. The van der Waals surface area contributed by atoms with E-state index in [0.717, 1.165) is 0 Å². The molecule has 0 aliphatic rings. The molecule has 8 heteroatoms. The SMILES string of the molecule is CC(C)(OC(F)(F)F)OC(F)(F)F. The Kier molecular flexibility index (Phi) is 3.21. The maximum absolute atomic E-state index is 11.5. The largest absolute Gasteiger partial charge is 0.524 e. The van der Waals surface area contributed by atoms with Crippen LogP contribution in [0.15, 0.2) is 0 Å². The predicted molar refractivity (Wildman–Crippen MR) is 28.4 cm³/mol. The standard InChI is InChI=1S/C5H6F6O2/c1-3(2,12-4(6,7)8)13-5(9,10)11/h1-2H3. The van der Waals surface area contributed by atoms with Crippen LogP contribution < -0.4 is 0 Å². The van der Waals surface area contributed by atoms with Gasteiger partial charge in [0.25, 0.3) is 0 Å².